The van der Waals surface area contributed by atoms with E-state index in [0.29, 0.717) is 34.6 Å². The van der Waals surface area contributed by atoms with Gasteiger partial charge in [-0.05, 0) is 30.3 Å². The highest BCUT2D eigenvalue weighted by atomic mass is 35.5. The highest BCUT2D eigenvalue weighted by molar-refractivity contribution is 6.31. The van der Waals surface area contributed by atoms with Crippen LogP contribution in [-0.4, -0.2) is 33.4 Å². The van der Waals surface area contributed by atoms with Crippen molar-refractivity contribution in [2.45, 2.75) is 13.2 Å². The second-order valence-corrected chi connectivity index (χ2v) is 7.24. The minimum Gasteiger partial charge on any atom is -0.495 e. The van der Waals surface area contributed by atoms with Gasteiger partial charge in [-0.25, -0.2) is 0 Å². The molecule has 0 aromatic heterocycles. The zero-order chi connectivity index (χ0) is 19.4. The Kier molecular flexibility index (Phi) is 6.44. The summed E-state index contributed by atoms with van der Waals surface area (Å²) in [6.45, 7) is 1.53. The molecule has 2 N–H and O–H groups in total. The van der Waals surface area contributed by atoms with Crippen molar-refractivity contribution in [2.75, 3.05) is 32.8 Å². The molecule has 0 saturated heterocycles. The molecule has 2 aromatic carbocycles. The summed E-state index contributed by atoms with van der Waals surface area (Å²) < 4.78 is 16.2. The van der Waals surface area contributed by atoms with E-state index in [4.69, 9.17) is 37.4 Å². The Morgan fingerprint density at radius 2 is 2.07 bits per heavy atom. The van der Waals surface area contributed by atoms with E-state index < -0.39 is 0 Å². The van der Waals surface area contributed by atoms with E-state index in [1.807, 2.05) is 19.2 Å². The van der Waals surface area contributed by atoms with Gasteiger partial charge in [0.15, 0.2) is 13.3 Å². The zero-order valence-electron chi connectivity index (χ0n) is 15.1. The van der Waals surface area contributed by atoms with E-state index in [9.17, 15) is 4.79 Å². The van der Waals surface area contributed by atoms with E-state index >= 15 is 0 Å². The van der Waals surface area contributed by atoms with Gasteiger partial charge in [0.05, 0.1) is 32.0 Å². The minimum absolute atomic E-state index is 0.145. The number of likely N-dealkylation sites (N-methyl/N-ethyl adjacent to an activating group) is 1. The fourth-order valence-electron chi connectivity index (χ4n) is 3.02. The molecule has 1 aliphatic rings. The summed E-state index contributed by atoms with van der Waals surface area (Å²) in [6, 6.07) is 8.79. The topological polar surface area (TPSA) is 61.2 Å². The van der Waals surface area contributed by atoms with Crippen LogP contribution in [0.3, 0.4) is 0 Å². The number of fused-ring (bicyclic) bond motifs is 1. The number of methoxy groups -OCH3 is 1. The Balaban J connectivity index is 1.66. The fourth-order valence-corrected chi connectivity index (χ4v) is 3.46. The van der Waals surface area contributed by atoms with Crippen LogP contribution < -0.4 is 19.7 Å². The summed E-state index contributed by atoms with van der Waals surface area (Å²) in [6.07, 6.45) is 0. The number of benzene rings is 2. The van der Waals surface area contributed by atoms with Crippen LogP contribution in [0.5, 0.6) is 11.5 Å². The number of amides is 1. The molecular formula is C19H21Cl2N2O4+. The number of quaternary nitrogens is 1. The summed E-state index contributed by atoms with van der Waals surface area (Å²) in [5.74, 6) is 1.21. The molecule has 6 nitrogen and oxygen atoms in total. The normalized spacial score (nSPS) is 14.1. The van der Waals surface area contributed by atoms with Gasteiger partial charge in [-0.2, -0.15) is 0 Å². The van der Waals surface area contributed by atoms with Gasteiger partial charge in [-0.3, -0.25) is 4.79 Å². The Bertz CT molecular complexity index is 845. The summed E-state index contributed by atoms with van der Waals surface area (Å²) in [7, 11) is 3.48. The van der Waals surface area contributed by atoms with Crippen LogP contribution in [-0.2, 0) is 22.7 Å². The molecule has 2 aromatic rings. The number of halogens is 2. The van der Waals surface area contributed by atoms with E-state index in [0.717, 1.165) is 21.8 Å². The third kappa shape index (κ3) is 5.05. The largest absolute Gasteiger partial charge is 0.495 e. The molecule has 1 unspecified atom stereocenters. The molecule has 144 valence electrons. The van der Waals surface area contributed by atoms with Crippen molar-refractivity contribution >= 4 is 34.8 Å². The zero-order valence-corrected chi connectivity index (χ0v) is 16.6. The molecule has 8 heteroatoms. The standard InChI is InChI=1S/C19H20Cl2N2O4/c1-23(8-12-5-15(21)6-13-10-26-11-27-19(12)13)9-18(24)22-16-7-14(20)3-4-17(16)25-2/h3-7H,8-11H2,1-2H3,(H,22,24)/p+1. The molecule has 27 heavy (non-hydrogen) atoms. The first-order chi connectivity index (χ1) is 13.0. The Hall–Kier alpha value is -1.99. The lowest BCUT2D eigenvalue weighted by molar-refractivity contribution is -0.885. The Morgan fingerprint density at radius 1 is 1.26 bits per heavy atom. The van der Waals surface area contributed by atoms with Crippen LogP contribution in [0.25, 0.3) is 0 Å². The van der Waals surface area contributed by atoms with Gasteiger partial charge in [0.2, 0.25) is 0 Å². The highest BCUT2D eigenvalue weighted by Crippen LogP contribution is 2.31. The summed E-state index contributed by atoms with van der Waals surface area (Å²) in [5.41, 5.74) is 2.42. The highest BCUT2D eigenvalue weighted by Gasteiger charge is 2.20. The number of ether oxygens (including phenoxy) is 3. The number of anilines is 1. The number of carbonyl (C=O) groups is 1. The molecule has 3 rings (SSSR count). The molecule has 0 spiro atoms. The van der Waals surface area contributed by atoms with Crippen LogP contribution in [0.4, 0.5) is 5.69 Å². The summed E-state index contributed by atoms with van der Waals surface area (Å²) in [4.78, 5) is 13.4. The van der Waals surface area contributed by atoms with Gasteiger partial charge in [-0.15, -0.1) is 0 Å². The van der Waals surface area contributed by atoms with Crippen molar-refractivity contribution in [2.24, 2.45) is 0 Å². The van der Waals surface area contributed by atoms with Gasteiger partial charge in [0.25, 0.3) is 5.91 Å². The third-order valence-electron chi connectivity index (χ3n) is 4.14. The molecule has 1 heterocycles. The average molecular weight is 412 g/mol. The van der Waals surface area contributed by atoms with E-state index in [-0.39, 0.29) is 19.2 Å². The van der Waals surface area contributed by atoms with Gasteiger partial charge in [0, 0.05) is 15.6 Å². The quantitative estimate of drug-likeness (QED) is 0.766. The smallest absolute Gasteiger partial charge is 0.279 e. The van der Waals surface area contributed by atoms with Gasteiger partial charge in [-0.1, -0.05) is 23.2 Å². The molecule has 0 saturated carbocycles. The second kappa shape index (κ2) is 8.80. The second-order valence-electron chi connectivity index (χ2n) is 6.37. The number of hydrogen-bond acceptors (Lipinski definition) is 4. The summed E-state index contributed by atoms with van der Waals surface area (Å²) in [5, 5.41) is 3.99. The fraction of sp³-hybridized carbons (Fsp3) is 0.316. The van der Waals surface area contributed by atoms with E-state index in [1.54, 1.807) is 25.3 Å². The van der Waals surface area contributed by atoms with Gasteiger partial charge in [0.1, 0.15) is 18.0 Å². The molecule has 0 fully saturated rings. The van der Waals surface area contributed by atoms with Crippen LogP contribution in [0, 0.1) is 0 Å². The first kappa shape index (κ1) is 19.8. The molecular weight excluding hydrogens is 391 g/mol. The monoisotopic (exact) mass is 411 g/mol. The van der Waals surface area contributed by atoms with Crippen LogP contribution in [0.1, 0.15) is 11.1 Å². The molecule has 1 aliphatic heterocycles. The third-order valence-corrected chi connectivity index (χ3v) is 4.60. The van der Waals surface area contributed by atoms with E-state index in [2.05, 4.69) is 5.32 Å². The molecule has 0 radical (unpaired) electrons. The lowest BCUT2D eigenvalue weighted by Crippen LogP contribution is -3.08. The molecule has 0 aliphatic carbocycles. The number of nitrogens with one attached hydrogen (secondary N) is 2. The molecule has 1 atom stereocenters. The number of rotatable bonds is 6. The van der Waals surface area contributed by atoms with Crippen molar-refractivity contribution in [3.63, 3.8) is 0 Å². The van der Waals surface area contributed by atoms with Crippen molar-refractivity contribution < 1.29 is 23.9 Å². The first-order valence-corrected chi connectivity index (χ1v) is 9.18. The van der Waals surface area contributed by atoms with Crippen molar-refractivity contribution in [3.05, 3.63) is 51.5 Å². The van der Waals surface area contributed by atoms with Crippen LogP contribution in [0.2, 0.25) is 10.0 Å². The van der Waals surface area contributed by atoms with Crippen LogP contribution >= 0.6 is 23.2 Å². The van der Waals surface area contributed by atoms with Gasteiger partial charge >= 0.3 is 0 Å². The van der Waals surface area contributed by atoms with Crippen molar-refractivity contribution in [1.29, 1.82) is 0 Å². The predicted molar refractivity (Wildman–Crippen MR) is 104 cm³/mol. The lowest BCUT2D eigenvalue weighted by atomic mass is 10.1. The Morgan fingerprint density at radius 3 is 2.85 bits per heavy atom. The Labute approximate surface area is 167 Å². The maximum atomic E-state index is 12.4. The molecule has 0 bridgehead atoms. The van der Waals surface area contributed by atoms with E-state index in [1.165, 1.54) is 0 Å². The predicted octanol–water partition coefficient (Wildman–Crippen LogP) is 2.52. The van der Waals surface area contributed by atoms with Crippen molar-refractivity contribution in [1.82, 2.24) is 0 Å². The maximum absolute atomic E-state index is 12.4. The SMILES string of the molecule is COc1ccc(Cl)cc1NC(=O)C[NH+](C)Cc1cc(Cl)cc2c1OCOC2. The summed E-state index contributed by atoms with van der Waals surface area (Å²) >= 11 is 12.2. The lowest BCUT2D eigenvalue weighted by Gasteiger charge is -2.22. The average Bonchev–Trinajstić information content (AvgIpc) is 2.61. The molecule has 1 amide bonds. The first-order valence-electron chi connectivity index (χ1n) is 8.43. The van der Waals surface area contributed by atoms with Crippen molar-refractivity contribution in [3.8, 4) is 11.5 Å². The minimum atomic E-state index is -0.145. The maximum Gasteiger partial charge on any atom is 0.279 e. The van der Waals surface area contributed by atoms with Gasteiger partial charge < -0.3 is 24.4 Å². The number of carbonyl (C=O) groups excluding carboxylic acids is 1. The number of hydrogen-bond donors (Lipinski definition) is 2. The van der Waals surface area contributed by atoms with Crippen LogP contribution in [0.15, 0.2) is 30.3 Å².